The molecule has 1 aliphatic heterocycles. The molecule has 0 spiro atoms. The Morgan fingerprint density at radius 3 is 2.71 bits per heavy atom. The molecule has 0 bridgehead atoms. The summed E-state index contributed by atoms with van der Waals surface area (Å²) in [5.41, 5.74) is 0.518. The SMILES string of the molecule is CC1CCc2c(C(=O)O)cc(-c3ccccc3F)c(=O)n21. The van der Waals surface area contributed by atoms with Gasteiger partial charge in [0.05, 0.1) is 11.1 Å². The van der Waals surface area contributed by atoms with Gasteiger partial charge in [0.2, 0.25) is 0 Å². The maximum absolute atomic E-state index is 13.9. The predicted octanol–water partition coefficient (Wildman–Crippen LogP) is 2.86. The van der Waals surface area contributed by atoms with Gasteiger partial charge in [0.1, 0.15) is 5.82 Å². The van der Waals surface area contributed by atoms with E-state index in [-0.39, 0.29) is 28.3 Å². The molecule has 0 aliphatic carbocycles. The molecule has 2 heterocycles. The number of carboxylic acids is 1. The fourth-order valence-electron chi connectivity index (χ4n) is 2.93. The molecule has 2 aromatic rings. The molecule has 1 N–H and O–H groups in total. The summed E-state index contributed by atoms with van der Waals surface area (Å²) < 4.78 is 15.4. The largest absolute Gasteiger partial charge is 0.478 e. The van der Waals surface area contributed by atoms with Crippen molar-refractivity contribution >= 4 is 5.97 Å². The zero-order valence-corrected chi connectivity index (χ0v) is 11.5. The van der Waals surface area contributed by atoms with Gasteiger partial charge in [0.25, 0.3) is 5.56 Å². The second-order valence-corrected chi connectivity index (χ2v) is 5.27. The fourth-order valence-corrected chi connectivity index (χ4v) is 2.93. The maximum atomic E-state index is 13.9. The van der Waals surface area contributed by atoms with Gasteiger partial charge in [-0.3, -0.25) is 4.79 Å². The Balaban J connectivity index is 2.36. The lowest BCUT2D eigenvalue weighted by atomic mass is 10.0. The summed E-state index contributed by atoms with van der Waals surface area (Å²) >= 11 is 0. The number of aromatic nitrogens is 1. The van der Waals surface area contributed by atoms with Gasteiger partial charge in [-0.15, -0.1) is 0 Å². The molecule has 21 heavy (non-hydrogen) atoms. The van der Waals surface area contributed by atoms with Crippen LogP contribution in [0.25, 0.3) is 11.1 Å². The Morgan fingerprint density at radius 2 is 2.05 bits per heavy atom. The number of carboxylic acid groups (broad SMARTS) is 1. The zero-order valence-electron chi connectivity index (χ0n) is 11.5. The van der Waals surface area contributed by atoms with Crippen molar-refractivity contribution in [2.75, 3.05) is 0 Å². The summed E-state index contributed by atoms with van der Waals surface area (Å²) in [6.45, 7) is 1.87. The summed E-state index contributed by atoms with van der Waals surface area (Å²) in [4.78, 5) is 24.0. The molecular weight excluding hydrogens is 273 g/mol. The second-order valence-electron chi connectivity index (χ2n) is 5.27. The van der Waals surface area contributed by atoms with E-state index in [1.807, 2.05) is 6.92 Å². The van der Waals surface area contributed by atoms with Crippen molar-refractivity contribution in [3.05, 3.63) is 57.8 Å². The number of aromatic carboxylic acids is 1. The van der Waals surface area contributed by atoms with Gasteiger partial charge in [-0.05, 0) is 31.9 Å². The molecule has 4 nitrogen and oxygen atoms in total. The van der Waals surface area contributed by atoms with E-state index in [4.69, 9.17) is 0 Å². The lowest BCUT2D eigenvalue weighted by molar-refractivity contribution is 0.0695. The lowest BCUT2D eigenvalue weighted by Crippen LogP contribution is -2.26. The van der Waals surface area contributed by atoms with Gasteiger partial charge in [-0.25, -0.2) is 9.18 Å². The average molecular weight is 287 g/mol. The van der Waals surface area contributed by atoms with Crippen LogP contribution in [0.3, 0.4) is 0 Å². The summed E-state index contributed by atoms with van der Waals surface area (Å²) in [7, 11) is 0. The van der Waals surface area contributed by atoms with Crippen molar-refractivity contribution in [2.24, 2.45) is 0 Å². The average Bonchev–Trinajstić information content (AvgIpc) is 2.83. The predicted molar refractivity (Wildman–Crippen MR) is 76.1 cm³/mol. The van der Waals surface area contributed by atoms with E-state index in [1.165, 1.54) is 28.8 Å². The summed E-state index contributed by atoms with van der Waals surface area (Å²) in [6, 6.07) is 7.13. The molecule has 0 saturated carbocycles. The van der Waals surface area contributed by atoms with Crippen LogP contribution in [0.5, 0.6) is 0 Å². The van der Waals surface area contributed by atoms with E-state index >= 15 is 0 Å². The molecule has 1 aromatic carbocycles. The lowest BCUT2D eigenvalue weighted by Gasteiger charge is -2.14. The van der Waals surface area contributed by atoms with Crippen molar-refractivity contribution < 1.29 is 14.3 Å². The van der Waals surface area contributed by atoms with E-state index < -0.39 is 11.8 Å². The van der Waals surface area contributed by atoms with Gasteiger partial charge < -0.3 is 9.67 Å². The Morgan fingerprint density at radius 1 is 1.33 bits per heavy atom. The molecule has 0 fully saturated rings. The molecular formula is C16H14FNO3. The maximum Gasteiger partial charge on any atom is 0.337 e. The second kappa shape index (κ2) is 4.84. The third-order valence-corrected chi connectivity index (χ3v) is 3.97. The highest BCUT2D eigenvalue weighted by Gasteiger charge is 2.27. The molecule has 108 valence electrons. The van der Waals surface area contributed by atoms with E-state index in [2.05, 4.69) is 0 Å². The van der Waals surface area contributed by atoms with Gasteiger partial charge in [0, 0.05) is 17.3 Å². The first-order valence-corrected chi connectivity index (χ1v) is 6.77. The number of hydrogen-bond acceptors (Lipinski definition) is 2. The van der Waals surface area contributed by atoms with Crippen LogP contribution in [0.4, 0.5) is 4.39 Å². The number of pyridine rings is 1. The Bertz CT molecular complexity index is 795. The Hall–Kier alpha value is -2.43. The van der Waals surface area contributed by atoms with Gasteiger partial charge in [-0.2, -0.15) is 0 Å². The van der Waals surface area contributed by atoms with Crippen LogP contribution in [-0.4, -0.2) is 15.6 Å². The highest BCUT2D eigenvalue weighted by molar-refractivity contribution is 5.90. The van der Waals surface area contributed by atoms with Crippen molar-refractivity contribution in [3.63, 3.8) is 0 Å². The highest BCUT2D eigenvalue weighted by Crippen LogP contribution is 2.29. The van der Waals surface area contributed by atoms with E-state index in [1.54, 1.807) is 6.07 Å². The molecule has 0 amide bonds. The topological polar surface area (TPSA) is 59.3 Å². The summed E-state index contributed by atoms with van der Waals surface area (Å²) in [6.07, 6.45) is 1.27. The van der Waals surface area contributed by atoms with Crippen molar-refractivity contribution in [2.45, 2.75) is 25.8 Å². The number of rotatable bonds is 2. The van der Waals surface area contributed by atoms with Crippen LogP contribution in [0, 0.1) is 5.82 Å². The van der Waals surface area contributed by atoms with Crippen LogP contribution in [0.1, 0.15) is 35.4 Å². The molecule has 1 aliphatic rings. The zero-order chi connectivity index (χ0) is 15.1. The van der Waals surface area contributed by atoms with Crippen LogP contribution in [0.15, 0.2) is 35.1 Å². The molecule has 5 heteroatoms. The fraction of sp³-hybridized carbons (Fsp3) is 0.250. The molecule has 0 saturated heterocycles. The minimum Gasteiger partial charge on any atom is -0.478 e. The molecule has 0 radical (unpaired) electrons. The monoisotopic (exact) mass is 287 g/mol. The third-order valence-electron chi connectivity index (χ3n) is 3.97. The first kappa shape index (κ1) is 13.5. The van der Waals surface area contributed by atoms with Gasteiger partial charge in [-0.1, -0.05) is 18.2 Å². The van der Waals surface area contributed by atoms with Crippen molar-refractivity contribution in [1.82, 2.24) is 4.57 Å². The number of carbonyl (C=O) groups is 1. The number of halogens is 1. The van der Waals surface area contributed by atoms with Crippen LogP contribution >= 0.6 is 0 Å². The summed E-state index contributed by atoms with van der Waals surface area (Å²) in [5, 5.41) is 9.36. The number of fused-ring (bicyclic) bond motifs is 1. The summed E-state index contributed by atoms with van der Waals surface area (Å²) in [5.74, 6) is -1.62. The van der Waals surface area contributed by atoms with Crippen LogP contribution in [-0.2, 0) is 6.42 Å². The normalized spacial score (nSPS) is 16.8. The molecule has 3 rings (SSSR count). The molecule has 1 unspecified atom stereocenters. The first-order valence-electron chi connectivity index (χ1n) is 6.77. The van der Waals surface area contributed by atoms with Gasteiger partial charge in [0.15, 0.2) is 0 Å². The van der Waals surface area contributed by atoms with Crippen LogP contribution in [0.2, 0.25) is 0 Å². The smallest absolute Gasteiger partial charge is 0.337 e. The molecule has 1 atom stereocenters. The standard InChI is InChI=1S/C16H14FNO3/c1-9-6-7-14-12(16(20)21)8-11(15(19)18(9)14)10-4-2-3-5-13(10)17/h2-5,8-9H,6-7H2,1H3,(H,20,21). The third kappa shape index (κ3) is 2.05. The Kier molecular flexibility index (Phi) is 3.12. The minimum absolute atomic E-state index is 0.0719. The van der Waals surface area contributed by atoms with Crippen molar-refractivity contribution in [1.29, 1.82) is 0 Å². The van der Waals surface area contributed by atoms with E-state index in [0.717, 1.165) is 6.42 Å². The Labute approximate surface area is 120 Å². The number of hydrogen-bond donors (Lipinski definition) is 1. The molecule has 1 aromatic heterocycles. The van der Waals surface area contributed by atoms with E-state index in [0.29, 0.717) is 12.1 Å². The van der Waals surface area contributed by atoms with E-state index in [9.17, 15) is 19.1 Å². The minimum atomic E-state index is -1.09. The van der Waals surface area contributed by atoms with Crippen LogP contribution < -0.4 is 5.56 Å². The first-order chi connectivity index (χ1) is 10.0. The quantitative estimate of drug-likeness (QED) is 0.924. The number of benzene rings is 1. The van der Waals surface area contributed by atoms with Crippen molar-refractivity contribution in [3.8, 4) is 11.1 Å². The number of nitrogens with zero attached hydrogens (tertiary/aromatic N) is 1. The highest BCUT2D eigenvalue weighted by atomic mass is 19.1. The van der Waals surface area contributed by atoms with Gasteiger partial charge >= 0.3 is 5.97 Å².